The number of carbonyl (C=O) groups is 1. The molecule has 2 rings (SSSR count). The summed E-state index contributed by atoms with van der Waals surface area (Å²) in [5, 5.41) is 0. The Morgan fingerprint density at radius 2 is 1.76 bits per heavy atom. The summed E-state index contributed by atoms with van der Waals surface area (Å²) in [6, 6.07) is 11.2. The molecule has 0 saturated heterocycles. The predicted molar refractivity (Wildman–Crippen MR) is 68.1 cm³/mol. The van der Waals surface area contributed by atoms with E-state index in [1.165, 1.54) is 6.07 Å². The van der Waals surface area contributed by atoms with Gasteiger partial charge in [-0.25, -0.2) is 4.39 Å². The van der Waals surface area contributed by atoms with Crippen molar-refractivity contribution in [3.05, 3.63) is 58.3 Å². The largest absolute Gasteiger partial charge is 0.366 e. The van der Waals surface area contributed by atoms with Gasteiger partial charge >= 0.3 is 0 Å². The summed E-state index contributed by atoms with van der Waals surface area (Å²) in [6.45, 7) is 0. The second-order valence-corrected chi connectivity index (χ2v) is 4.48. The number of rotatable bonds is 2. The minimum atomic E-state index is -0.494. The van der Waals surface area contributed by atoms with E-state index in [4.69, 9.17) is 5.73 Å². The van der Waals surface area contributed by atoms with Gasteiger partial charge in [0.25, 0.3) is 0 Å². The molecule has 2 N–H and O–H groups in total. The zero-order chi connectivity index (χ0) is 12.4. The van der Waals surface area contributed by atoms with Crippen molar-refractivity contribution < 1.29 is 9.18 Å². The normalized spacial score (nSPS) is 10.2. The van der Waals surface area contributed by atoms with Gasteiger partial charge < -0.3 is 5.73 Å². The third kappa shape index (κ3) is 2.53. The fraction of sp³-hybridized carbons (Fsp3) is 0. The van der Waals surface area contributed by atoms with Gasteiger partial charge in [0, 0.05) is 15.6 Å². The zero-order valence-corrected chi connectivity index (χ0v) is 10.4. The molecule has 2 aromatic rings. The van der Waals surface area contributed by atoms with Gasteiger partial charge in [0.2, 0.25) is 5.91 Å². The average Bonchev–Trinajstić information content (AvgIpc) is 2.32. The highest BCUT2D eigenvalue weighted by molar-refractivity contribution is 9.10. The maximum absolute atomic E-state index is 13.6. The predicted octanol–water partition coefficient (Wildman–Crippen LogP) is 3.35. The van der Waals surface area contributed by atoms with Crippen LogP contribution in [0, 0.1) is 5.82 Å². The molecular formula is C13H9BrFNO. The van der Waals surface area contributed by atoms with E-state index in [0.29, 0.717) is 16.7 Å². The number of amides is 1. The smallest absolute Gasteiger partial charge is 0.248 e. The summed E-state index contributed by atoms with van der Waals surface area (Å²) in [5.41, 5.74) is 6.73. The van der Waals surface area contributed by atoms with Crippen LogP contribution in [-0.4, -0.2) is 5.91 Å². The molecule has 0 heterocycles. The van der Waals surface area contributed by atoms with Crippen LogP contribution in [0.3, 0.4) is 0 Å². The molecule has 4 heteroatoms. The number of primary amides is 1. The highest BCUT2D eigenvalue weighted by atomic mass is 79.9. The molecule has 0 aliphatic heterocycles. The monoisotopic (exact) mass is 293 g/mol. The molecule has 0 radical (unpaired) electrons. The molecule has 17 heavy (non-hydrogen) atoms. The Morgan fingerprint density at radius 1 is 1.12 bits per heavy atom. The Morgan fingerprint density at radius 3 is 2.35 bits per heavy atom. The Labute approximate surface area is 106 Å². The number of hydrogen-bond acceptors (Lipinski definition) is 1. The highest BCUT2D eigenvalue weighted by Gasteiger charge is 2.06. The Balaban J connectivity index is 2.46. The van der Waals surface area contributed by atoms with Crippen LogP contribution in [0.15, 0.2) is 46.9 Å². The SMILES string of the molecule is NC(=O)c1ccc(-c2cc(Br)ccc2F)cc1. The minimum absolute atomic E-state index is 0.306. The summed E-state index contributed by atoms with van der Waals surface area (Å²) in [4.78, 5) is 10.9. The molecule has 1 amide bonds. The third-order valence-electron chi connectivity index (χ3n) is 2.41. The van der Waals surface area contributed by atoms with E-state index >= 15 is 0 Å². The number of benzene rings is 2. The average molecular weight is 294 g/mol. The van der Waals surface area contributed by atoms with Crippen LogP contribution in [0.25, 0.3) is 11.1 Å². The van der Waals surface area contributed by atoms with Crippen molar-refractivity contribution >= 4 is 21.8 Å². The van der Waals surface area contributed by atoms with Crippen molar-refractivity contribution in [1.82, 2.24) is 0 Å². The van der Waals surface area contributed by atoms with Gasteiger partial charge in [-0.2, -0.15) is 0 Å². The summed E-state index contributed by atoms with van der Waals surface area (Å²) in [6.07, 6.45) is 0. The van der Waals surface area contributed by atoms with Crippen molar-refractivity contribution in [1.29, 1.82) is 0 Å². The first-order valence-corrected chi connectivity index (χ1v) is 5.72. The first-order chi connectivity index (χ1) is 8.08. The van der Waals surface area contributed by atoms with Gasteiger partial charge in [0.05, 0.1) is 0 Å². The number of carbonyl (C=O) groups excluding carboxylic acids is 1. The Kier molecular flexibility index (Phi) is 3.24. The maximum atomic E-state index is 13.6. The van der Waals surface area contributed by atoms with E-state index in [-0.39, 0.29) is 5.82 Å². The van der Waals surface area contributed by atoms with E-state index in [2.05, 4.69) is 15.9 Å². The van der Waals surface area contributed by atoms with Gasteiger partial charge in [0.15, 0.2) is 0 Å². The lowest BCUT2D eigenvalue weighted by Gasteiger charge is -2.05. The van der Waals surface area contributed by atoms with Gasteiger partial charge in [-0.1, -0.05) is 28.1 Å². The van der Waals surface area contributed by atoms with Gasteiger partial charge in [-0.15, -0.1) is 0 Å². The summed E-state index contributed by atoms with van der Waals surface area (Å²) < 4.78 is 14.4. The molecule has 0 bridgehead atoms. The lowest BCUT2D eigenvalue weighted by atomic mass is 10.0. The van der Waals surface area contributed by atoms with Crippen LogP contribution in [0.1, 0.15) is 10.4 Å². The lowest BCUT2D eigenvalue weighted by Crippen LogP contribution is -2.10. The standard InChI is InChI=1S/C13H9BrFNO/c14-10-5-6-12(15)11(7-10)8-1-3-9(4-2-8)13(16)17/h1-7H,(H2,16,17). The number of halogens is 2. The molecule has 2 nitrogen and oxygen atoms in total. The van der Waals surface area contributed by atoms with Gasteiger partial charge in [-0.05, 0) is 35.9 Å². The van der Waals surface area contributed by atoms with Crippen molar-refractivity contribution in [2.24, 2.45) is 5.73 Å². The van der Waals surface area contributed by atoms with Crippen molar-refractivity contribution in [3.63, 3.8) is 0 Å². The molecule has 0 aromatic heterocycles. The number of nitrogens with two attached hydrogens (primary N) is 1. The molecule has 0 saturated carbocycles. The fourth-order valence-corrected chi connectivity index (χ4v) is 1.89. The molecule has 0 atom stereocenters. The third-order valence-corrected chi connectivity index (χ3v) is 2.90. The molecule has 0 unspecified atom stereocenters. The van der Waals surface area contributed by atoms with Crippen LogP contribution in [0.2, 0.25) is 0 Å². The highest BCUT2D eigenvalue weighted by Crippen LogP contribution is 2.26. The van der Waals surface area contributed by atoms with Crippen molar-refractivity contribution in [2.45, 2.75) is 0 Å². The second kappa shape index (κ2) is 4.67. The van der Waals surface area contributed by atoms with Crippen LogP contribution in [0.4, 0.5) is 4.39 Å². The Bertz CT molecular complexity index is 566. The molecule has 86 valence electrons. The number of hydrogen-bond donors (Lipinski definition) is 1. The summed E-state index contributed by atoms with van der Waals surface area (Å²) >= 11 is 3.29. The van der Waals surface area contributed by atoms with Crippen LogP contribution in [-0.2, 0) is 0 Å². The van der Waals surface area contributed by atoms with Crippen LogP contribution < -0.4 is 5.73 Å². The maximum Gasteiger partial charge on any atom is 0.248 e. The summed E-state index contributed by atoms with van der Waals surface area (Å²) in [7, 11) is 0. The Hall–Kier alpha value is -1.68. The molecule has 0 aliphatic carbocycles. The van der Waals surface area contributed by atoms with E-state index in [1.54, 1.807) is 36.4 Å². The van der Waals surface area contributed by atoms with E-state index in [1.807, 2.05) is 0 Å². The van der Waals surface area contributed by atoms with Crippen molar-refractivity contribution in [3.8, 4) is 11.1 Å². The second-order valence-electron chi connectivity index (χ2n) is 3.57. The van der Waals surface area contributed by atoms with Crippen LogP contribution in [0.5, 0.6) is 0 Å². The minimum Gasteiger partial charge on any atom is -0.366 e. The van der Waals surface area contributed by atoms with Gasteiger partial charge in [0.1, 0.15) is 5.82 Å². The van der Waals surface area contributed by atoms with E-state index < -0.39 is 5.91 Å². The van der Waals surface area contributed by atoms with Crippen molar-refractivity contribution in [2.75, 3.05) is 0 Å². The first kappa shape index (κ1) is 11.8. The topological polar surface area (TPSA) is 43.1 Å². The molecule has 2 aromatic carbocycles. The van der Waals surface area contributed by atoms with E-state index in [0.717, 1.165) is 4.47 Å². The zero-order valence-electron chi connectivity index (χ0n) is 8.78. The van der Waals surface area contributed by atoms with Crippen LogP contribution >= 0.6 is 15.9 Å². The molecule has 0 aliphatic rings. The molecular weight excluding hydrogens is 285 g/mol. The lowest BCUT2D eigenvalue weighted by molar-refractivity contribution is 0.100. The first-order valence-electron chi connectivity index (χ1n) is 4.93. The quantitative estimate of drug-likeness (QED) is 0.906. The van der Waals surface area contributed by atoms with Gasteiger partial charge in [-0.3, -0.25) is 4.79 Å². The van der Waals surface area contributed by atoms with E-state index in [9.17, 15) is 9.18 Å². The fourth-order valence-electron chi connectivity index (χ4n) is 1.53. The molecule has 0 fully saturated rings. The summed E-state index contributed by atoms with van der Waals surface area (Å²) in [5.74, 6) is -0.800. The molecule has 0 spiro atoms.